The van der Waals surface area contributed by atoms with Crippen molar-refractivity contribution >= 4 is 55.4 Å². The van der Waals surface area contributed by atoms with Crippen LogP contribution in [0.3, 0.4) is 0 Å². The Morgan fingerprint density at radius 3 is 1.94 bits per heavy atom. The van der Waals surface area contributed by atoms with Gasteiger partial charge >= 0.3 is 0 Å². The molecule has 2 aromatic heterocycles. The van der Waals surface area contributed by atoms with Crippen LogP contribution in [0, 0.1) is 0 Å². The molecule has 2 bridgehead atoms. The number of ether oxygens (including phenoxy) is 1. The van der Waals surface area contributed by atoms with E-state index in [2.05, 4.69) is 55.7 Å². The SMILES string of the molecule is O=C1NC(=O)c2c1c1c3ccccc3n3c1c1c2c2ccccc2n1C1CC3C[C@@H]1N1CCOCC1. The lowest BCUT2D eigenvalue weighted by atomic mass is 9.96. The van der Waals surface area contributed by atoms with Gasteiger partial charge in [-0.1, -0.05) is 36.4 Å². The number of morpholine rings is 1. The summed E-state index contributed by atoms with van der Waals surface area (Å²) in [7, 11) is 0. The first-order valence-corrected chi connectivity index (χ1v) is 12.9. The minimum atomic E-state index is -0.282. The van der Waals surface area contributed by atoms with Crippen LogP contribution in [0.4, 0.5) is 0 Å². The molecule has 2 unspecified atom stereocenters. The van der Waals surface area contributed by atoms with Crippen molar-refractivity contribution in [3.63, 3.8) is 0 Å². The zero-order chi connectivity index (χ0) is 23.7. The van der Waals surface area contributed by atoms with E-state index in [4.69, 9.17) is 4.74 Å². The van der Waals surface area contributed by atoms with E-state index in [1.807, 2.05) is 12.1 Å². The molecule has 0 radical (unpaired) electrons. The number of carbonyl (C=O) groups excluding carboxylic acids is 2. The topological polar surface area (TPSA) is 68.5 Å². The van der Waals surface area contributed by atoms with E-state index in [0.29, 0.717) is 23.2 Å². The van der Waals surface area contributed by atoms with Gasteiger partial charge in [0.15, 0.2) is 0 Å². The highest BCUT2D eigenvalue weighted by Crippen LogP contribution is 2.54. The summed E-state index contributed by atoms with van der Waals surface area (Å²) in [4.78, 5) is 29.2. The van der Waals surface area contributed by atoms with E-state index in [-0.39, 0.29) is 17.9 Å². The maximum Gasteiger partial charge on any atom is 0.259 e. The Labute approximate surface area is 206 Å². The Bertz CT molecular complexity index is 1820. The number of carbonyl (C=O) groups is 2. The van der Waals surface area contributed by atoms with E-state index in [1.54, 1.807) is 0 Å². The van der Waals surface area contributed by atoms with Crippen LogP contribution in [0.1, 0.15) is 45.6 Å². The molecule has 1 N–H and O–H groups in total. The first-order chi connectivity index (χ1) is 17.7. The van der Waals surface area contributed by atoms with Crippen LogP contribution in [0.2, 0.25) is 0 Å². The second-order valence-corrected chi connectivity index (χ2v) is 10.7. The van der Waals surface area contributed by atoms with Crippen LogP contribution in [0.5, 0.6) is 0 Å². The zero-order valence-electron chi connectivity index (χ0n) is 19.7. The van der Waals surface area contributed by atoms with Crippen molar-refractivity contribution in [2.75, 3.05) is 26.3 Å². The average molecular weight is 477 g/mol. The first-order valence-electron chi connectivity index (χ1n) is 12.9. The number of hydrogen-bond donors (Lipinski definition) is 1. The lowest BCUT2D eigenvalue weighted by Crippen LogP contribution is -2.45. The molecular formula is C29H24N4O3. The summed E-state index contributed by atoms with van der Waals surface area (Å²) in [5.41, 5.74) is 5.61. The summed E-state index contributed by atoms with van der Waals surface area (Å²) in [5, 5.41) is 6.59. The quantitative estimate of drug-likeness (QED) is 0.365. The molecule has 0 spiro atoms. The standard InChI is InChI=1S/C29H24N4O3/c34-28-24-22-16-5-1-3-7-18(16)32-15-13-20(31-9-11-36-12-10-31)21(14-15)33-19-8-4-2-6-17(19)23(27(33)26(22)32)25(24)29(35)30-28/h1-8,15,20-21H,9-14H2,(H,30,34,35)/t15?,20-,21?/m0/s1. The predicted molar refractivity (Wildman–Crippen MR) is 138 cm³/mol. The van der Waals surface area contributed by atoms with Crippen LogP contribution in [-0.2, 0) is 4.74 Å². The molecular weight excluding hydrogens is 452 g/mol. The van der Waals surface area contributed by atoms with Gasteiger partial charge in [0.25, 0.3) is 11.8 Å². The molecule has 178 valence electrons. The summed E-state index contributed by atoms with van der Waals surface area (Å²) in [6.07, 6.45) is 2.09. The second-order valence-electron chi connectivity index (χ2n) is 10.7. The van der Waals surface area contributed by atoms with Gasteiger partial charge < -0.3 is 13.9 Å². The number of imide groups is 1. The Morgan fingerprint density at radius 1 is 0.722 bits per heavy atom. The molecule has 3 aliphatic heterocycles. The Morgan fingerprint density at radius 2 is 1.28 bits per heavy atom. The van der Waals surface area contributed by atoms with Gasteiger partial charge in [0, 0.05) is 57.8 Å². The smallest absolute Gasteiger partial charge is 0.259 e. The summed E-state index contributed by atoms with van der Waals surface area (Å²) in [6.45, 7) is 3.45. The molecule has 5 aromatic rings. The van der Waals surface area contributed by atoms with Crippen molar-refractivity contribution in [1.29, 1.82) is 0 Å². The van der Waals surface area contributed by atoms with Crippen molar-refractivity contribution < 1.29 is 14.3 Å². The van der Waals surface area contributed by atoms with Gasteiger partial charge in [0.05, 0.1) is 41.4 Å². The van der Waals surface area contributed by atoms with E-state index >= 15 is 0 Å². The van der Waals surface area contributed by atoms with E-state index in [9.17, 15) is 9.59 Å². The van der Waals surface area contributed by atoms with Crippen molar-refractivity contribution in [3.05, 3.63) is 59.7 Å². The van der Waals surface area contributed by atoms with Crippen LogP contribution in [0.25, 0.3) is 43.6 Å². The van der Waals surface area contributed by atoms with Crippen LogP contribution in [-0.4, -0.2) is 58.2 Å². The highest BCUT2D eigenvalue weighted by atomic mass is 16.5. The highest BCUT2D eigenvalue weighted by molar-refractivity contribution is 6.39. The largest absolute Gasteiger partial charge is 0.379 e. The van der Waals surface area contributed by atoms with Crippen LogP contribution < -0.4 is 5.32 Å². The Balaban J connectivity index is 1.53. The maximum absolute atomic E-state index is 13.3. The Kier molecular flexibility index (Phi) is 3.55. The summed E-state index contributed by atoms with van der Waals surface area (Å²) >= 11 is 0. The number of benzene rings is 3. The van der Waals surface area contributed by atoms with Gasteiger partial charge in [-0.25, -0.2) is 0 Å². The predicted octanol–water partition coefficient (Wildman–Crippen LogP) is 4.38. The van der Waals surface area contributed by atoms with Gasteiger partial charge in [-0.05, 0) is 25.0 Å². The third-order valence-electron chi connectivity index (χ3n) is 9.16. The Hall–Kier alpha value is -3.68. The maximum atomic E-state index is 13.3. The molecule has 1 saturated heterocycles. The fourth-order valence-corrected chi connectivity index (χ4v) is 7.91. The fraction of sp³-hybridized carbons (Fsp3) is 0.310. The number of amides is 2. The van der Waals surface area contributed by atoms with Crippen LogP contribution >= 0.6 is 0 Å². The first kappa shape index (κ1) is 19.5. The molecule has 2 fully saturated rings. The second kappa shape index (κ2) is 6.55. The zero-order valence-corrected chi connectivity index (χ0v) is 19.7. The molecule has 36 heavy (non-hydrogen) atoms. The molecule has 7 heteroatoms. The van der Waals surface area contributed by atoms with Crippen LogP contribution in [0.15, 0.2) is 48.5 Å². The molecule has 5 heterocycles. The molecule has 3 atom stereocenters. The molecule has 1 aliphatic carbocycles. The van der Waals surface area contributed by atoms with E-state index in [0.717, 1.165) is 82.8 Å². The number of fused-ring (bicyclic) bond motifs is 13. The van der Waals surface area contributed by atoms with Gasteiger partial charge in [-0.3, -0.25) is 19.8 Å². The number of aromatic nitrogens is 2. The number of nitrogens with zero attached hydrogens (tertiary/aromatic N) is 3. The van der Waals surface area contributed by atoms with E-state index in [1.165, 1.54) is 0 Å². The number of nitrogens with one attached hydrogen (secondary N) is 1. The van der Waals surface area contributed by atoms with Gasteiger partial charge in [0.2, 0.25) is 0 Å². The summed E-state index contributed by atoms with van der Waals surface area (Å²) in [6, 6.07) is 17.8. The third-order valence-corrected chi connectivity index (χ3v) is 9.16. The average Bonchev–Trinajstić information content (AvgIpc) is 3.61. The highest BCUT2D eigenvalue weighted by Gasteiger charge is 2.46. The summed E-state index contributed by atoms with van der Waals surface area (Å²) < 4.78 is 10.7. The summed E-state index contributed by atoms with van der Waals surface area (Å²) in [5.74, 6) is -0.562. The minimum absolute atomic E-state index is 0.280. The van der Waals surface area contributed by atoms with E-state index < -0.39 is 0 Å². The number of hydrogen-bond acceptors (Lipinski definition) is 4. The normalized spacial score (nSPS) is 25.5. The molecule has 2 amide bonds. The lowest BCUT2D eigenvalue weighted by molar-refractivity contribution is 0.00966. The van der Waals surface area contributed by atoms with Gasteiger partial charge in [-0.15, -0.1) is 0 Å². The molecule has 1 saturated carbocycles. The number of rotatable bonds is 1. The van der Waals surface area contributed by atoms with Crippen molar-refractivity contribution in [2.24, 2.45) is 0 Å². The van der Waals surface area contributed by atoms with Crippen molar-refractivity contribution in [2.45, 2.75) is 31.0 Å². The lowest BCUT2D eigenvalue weighted by Gasteiger charge is -2.37. The van der Waals surface area contributed by atoms with Crippen molar-refractivity contribution in [3.8, 4) is 0 Å². The fourth-order valence-electron chi connectivity index (χ4n) is 7.91. The monoisotopic (exact) mass is 476 g/mol. The van der Waals surface area contributed by atoms with Crippen molar-refractivity contribution in [1.82, 2.24) is 19.4 Å². The molecule has 3 aromatic carbocycles. The molecule has 9 rings (SSSR count). The van der Waals surface area contributed by atoms with Gasteiger partial charge in [-0.2, -0.15) is 0 Å². The van der Waals surface area contributed by atoms with Gasteiger partial charge in [0.1, 0.15) is 0 Å². The third kappa shape index (κ3) is 2.14. The minimum Gasteiger partial charge on any atom is -0.379 e. The molecule has 4 aliphatic rings. The number of para-hydroxylation sites is 2. The molecule has 7 nitrogen and oxygen atoms in total.